The highest BCUT2D eigenvalue weighted by atomic mass is 35.5. The van der Waals surface area contributed by atoms with E-state index in [4.69, 9.17) is 27.6 Å². The largest absolute Gasteiger partial charge is 0.468 e. The molecular formula is C24H18Cl2FN3O. The lowest BCUT2D eigenvalue weighted by molar-refractivity contribution is 0.241. The maximum absolute atomic E-state index is 15.0. The third kappa shape index (κ3) is 4.11. The fraction of sp³-hybridized carbons (Fsp3) is 0.125. The molecule has 4 nitrogen and oxygen atoms in total. The van der Waals surface area contributed by atoms with Gasteiger partial charge in [-0.1, -0.05) is 65.7 Å². The van der Waals surface area contributed by atoms with Crippen molar-refractivity contribution in [1.82, 2.24) is 9.47 Å². The number of nitrogens with zero attached hydrogens (tertiary/aromatic N) is 3. The molecule has 0 aliphatic heterocycles. The lowest BCUT2D eigenvalue weighted by Crippen LogP contribution is -2.22. The van der Waals surface area contributed by atoms with Crippen LogP contribution in [0.2, 0.25) is 10.2 Å². The fourth-order valence-electron chi connectivity index (χ4n) is 3.64. The van der Waals surface area contributed by atoms with E-state index in [1.807, 2.05) is 59.0 Å². The Hall–Kier alpha value is -3.04. The first-order valence-electron chi connectivity index (χ1n) is 9.54. The van der Waals surface area contributed by atoms with Crippen LogP contribution >= 0.6 is 23.2 Å². The molecule has 0 saturated carbocycles. The highest BCUT2D eigenvalue weighted by Crippen LogP contribution is 2.43. The van der Waals surface area contributed by atoms with Crippen molar-refractivity contribution in [2.45, 2.75) is 13.2 Å². The number of hydrogen-bond donors (Lipinski definition) is 0. The molecule has 0 aliphatic carbocycles. The van der Waals surface area contributed by atoms with Crippen molar-refractivity contribution in [2.75, 3.05) is 7.05 Å². The van der Waals surface area contributed by atoms with E-state index in [0.717, 1.165) is 11.3 Å². The quantitative estimate of drug-likeness (QED) is 0.321. The second-order valence-electron chi connectivity index (χ2n) is 7.13. The standard InChI is InChI=1S/C24H18Cl2FN3O/c1-29(14-17-9-6-12-31-17)15-30-23(16-7-3-2-4-8-16)21(19(13-28)24(30)26)18-10-5-11-20(25)22(18)27/h2-12H,14-15H2,1H3. The molecule has 156 valence electrons. The Bertz CT molecular complexity index is 1240. The summed E-state index contributed by atoms with van der Waals surface area (Å²) in [7, 11) is 1.92. The van der Waals surface area contributed by atoms with Crippen LogP contribution in [-0.4, -0.2) is 16.5 Å². The van der Waals surface area contributed by atoms with Crippen molar-refractivity contribution >= 4 is 23.2 Å². The van der Waals surface area contributed by atoms with Gasteiger partial charge < -0.3 is 8.98 Å². The van der Waals surface area contributed by atoms with E-state index in [1.165, 1.54) is 6.07 Å². The second kappa shape index (κ2) is 8.99. The average Bonchev–Trinajstić information content (AvgIpc) is 3.37. The Morgan fingerprint density at radius 2 is 1.84 bits per heavy atom. The van der Waals surface area contributed by atoms with E-state index < -0.39 is 5.82 Å². The molecule has 31 heavy (non-hydrogen) atoms. The van der Waals surface area contributed by atoms with E-state index in [9.17, 15) is 5.26 Å². The number of furan rings is 1. The summed E-state index contributed by atoms with van der Waals surface area (Å²) in [6.45, 7) is 0.902. The van der Waals surface area contributed by atoms with Crippen LogP contribution in [0.15, 0.2) is 71.3 Å². The zero-order chi connectivity index (χ0) is 22.0. The van der Waals surface area contributed by atoms with Gasteiger partial charge in [0.05, 0.1) is 35.8 Å². The molecule has 0 unspecified atom stereocenters. The molecule has 2 heterocycles. The number of benzene rings is 2. The van der Waals surface area contributed by atoms with E-state index in [-0.39, 0.29) is 21.3 Å². The Morgan fingerprint density at radius 1 is 1.06 bits per heavy atom. The maximum atomic E-state index is 15.0. The highest BCUT2D eigenvalue weighted by molar-refractivity contribution is 6.32. The number of nitriles is 1. The molecule has 4 rings (SSSR count). The van der Waals surface area contributed by atoms with Gasteiger partial charge in [0.15, 0.2) is 0 Å². The van der Waals surface area contributed by atoms with Gasteiger partial charge in [-0.25, -0.2) is 4.39 Å². The van der Waals surface area contributed by atoms with E-state index in [1.54, 1.807) is 18.4 Å². The van der Waals surface area contributed by atoms with E-state index in [0.29, 0.717) is 24.5 Å². The fourth-order valence-corrected chi connectivity index (χ4v) is 4.09. The van der Waals surface area contributed by atoms with Gasteiger partial charge >= 0.3 is 0 Å². The summed E-state index contributed by atoms with van der Waals surface area (Å²) in [5.74, 6) is 0.212. The molecular weight excluding hydrogens is 436 g/mol. The van der Waals surface area contributed by atoms with Gasteiger partial charge in [-0.2, -0.15) is 5.26 Å². The average molecular weight is 454 g/mol. The predicted octanol–water partition coefficient (Wildman–Crippen LogP) is 6.82. The van der Waals surface area contributed by atoms with Crippen LogP contribution in [0, 0.1) is 17.1 Å². The van der Waals surface area contributed by atoms with Gasteiger partial charge in [-0.15, -0.1) is 0 Å². The molecule has 0 bridgehead atoms. The summed E-state index contributed by atoms with van der Waals surface area (Å²) in [4.78, 5) is 2.00. The third-order valence-electron chi connectivity index (χ3n) is 4.97. The van der Waals surface area contributed by atoms with Gasteiger partial charge in [-0.3, -0.25) is 4.90 Å². The van der Waals surface area contributed by atoms with Crippen molar-refractivity contribution in [1.29, 1.82) is 5.26 Å². The zero-order valence-corrected chi connectivity index (χ0v) is 18.2. The van der Waals surface area contributed by atoms with Gasteiger partial charge in [0, 0.05) is 11.1 Å². The monoisotopic (exact) mass is 453 g/mol. The Balaban J connectivity index is 1.92. The van der Waals surface area contributed by atoms with Crippen molar-refractivity contribution in [3.8, 4) is 28.5 Å². The van der Waals surface area contributed by atoms with Crippen molar-refractivity contribution < 1.29 is 8.81 Å². The summed E-state index contributed by atoms with van der Waals surface area (Å²) in [6.07, 6.45) is 1.62. The summed E-state index contributed by atoms with van der Waals surface area (Å²) >= 11 is 12.7. The van der Waals surface area contributed by atoms with E-state index >= 15 is 4.39 Å². The van der Waals surface area contributed by atoms with Crippen LogP contribution in [0.1, 0.15) is 11.3 Å². The first-order valence-corrected chi connectivity index (χ1v) is 10.3. The predicted molar refractivity (Wildman–Crippen MR) is 120 cm³/mol. The van der Waals surface area contributed by atoms with Crippen LogP contribution in [0.3, 0.4) is 0 Å². The number of halogens is 3. The Morgan fingerprint density at radius 3 is 2.52 bits per heavy atom. The maximum Gasteiger partial charge on any atom is 0.149 e. The molecule has 0 atom stereocenters. The minimum Gasteiger partial charge on any atom is -0.468 e. The molecule has 2 aromatic heterocycles. The Labute approximate surface area is 189 Å². The van der Waals surface area contributed by atoms with Gasteiger partial charge in [0.1, 0.15) is 22.8 Å². The lowest BCUT2D eigenvalue weighted by Gasteiger charge is -2.20. The van der Waals surface area contributed by atoms with Gasteiger partial charge in [0.25, 0.3) is 0 Å². The summed E-state index contributed by atoms with van der Waals surface area (Å²) in [5, 5.41) is 10.1. The minimum atomic E-state index is -0.587. The molecule has 0 saturated heterocycles. The minimum absolute atomic E-state index is 0.0146. The highest BCUT2D eigenvalue weighted by Gasteiger charge is 2.27. The van der Waals surface area contributed by atoms with Crippen LogP contribution in [0.25, 0.3) is 22.4 Å². The van der Waals surface area contributed by atoms with Crippen molar-refractivity contribution in [3.05, 3.63) is 94.2 Å². The molecule has 4 aromatic rings. The molecule has 0 aliphatic rings. The molecule has 0 radical (unpaired) electrons. The number of hydrogen-bond acceptors (Lipinski definition) is 3. The lowest BCUT2D eigenvalue weighted by atomic mass is 9.97. The second-order valence-corrected chi connectivity index (χ2v) is 7.90. The topological polar surface area (TPSA) is 45.1 Å². The number of aromatic nitrogens is 1. The van der Waals surface area contributed by atoms with E-state index in [2.05, 4.69) is 6.07 Å². The van der Waals surface area contributed by atoms with Crippen LogP contribution in [0.5, 0.6) is 0 Å². The first kappa shape index (κ1) is 21.2. The van der Waals surface area contributed by atoms with Crippen LogP contribution in [0.4, 0.5) is 4.39 Å². The van der Waals surface area contributed by atoms with Crippen molar-refractivity contribution in [2.24, 2.45) is 0 Å². The zero-order valence-electron chi connectivity index (χ0n) is 16.6. The first-order chi connectivity index (χ1) is 15.0. The van der Waals surface area contributed by atoms with Gasteiger partial charge in [0.2, 0.25) is 0 Å². The van der Waals surface area contributed by atoms with Crippen LogP contribution in [-0.2, 0) is 13.2 Å². The van der Waals surface area contributed by atoms with Crippen molar-refractivity contribution in [3.63, 3.8) is 0 Å². The molecule has 0 fully saturated rings. The SMILES string of the molecule is CN(Cc1ccco1)Cn1c(Cl)c(C#N)c(-c2cccc(Cl)c2F)c1-c1ccccc1. The molecule has 0 spiro atoms. The molecule has 0 amide bonds. The normalized spacial score (nSPS) is 11.1. The smallest absolute Gasteiger partial charge is 0.149 e. The number of rotatable bonds is 6. The van der Waals surface area contributed by atoms with Crippen LogP contribution < -0.4 is 0 Å². The summed E-state index contributed by atoms with van der Waals surface area (Å²) in [5.41, 5.74) is 2.32. The van der Waals surface area contributed by atoms with Gasteiger partial charge in [-0.05, 0) is 30.8 Å². The summed E-state index contributed by atoms with van der Waals surface area (Å²) in [6, 6.07) is 20.1. The molecule has 7 heteroatoms. The Kier molecular flexibility index (Phi) is 6.15. The molecule has 0 N–H and O–H groups in total. The third-order valence-corrected chi connectivity index (χ3v) is 5.65. The molecule has 2 aromatic carbocycles. The summed E-state index contributed by atoms with van der Waals surface area (Å²) < 4.78 is 22.3.